The largest absolute Gasteiger partial charge is 0.469 e. The van der Waals surface area contributed by atoms with Crippen LogP contribution in [0.15, 0.2) is 51.9 Å². The van der Waals surface area contributed by atoms with Crippen LogP contribution in [0.5, 0.6) is 0 Å². The van der Waals surface area contributed by atoms with E-state index >= 15 is 0 Å². The van der Waals surface area contributed by atoms with Crippen molar-refractivity contribution in [3.63, 3.8) is 0 Å². The fraction of sp³-hybridized carbons (Fsp3) is 0.250. The van der Waals surface area contributed by atoms with Gasteiger partial charge < -0.3 is 10.1 Å². The molecule has 0 radical (unpaired) electrons. The van der Waals surface area contributed by atoms with Crippen molar-refractivity contribution in [1.82, 2.24) is 5.32 Å². The zero-order valence-electron chi connectivity index (χ0n) is 14.9. The minimum absolute atomic E-state index is 0.262. The van der Waals surface area contributed by atoms with E-state index in [0.29, 0.717) is 43.6 Å². The lowest BCUT2D eigenvalue weighted by molar-refractivity contribution is -0.140. The maximum atomic E-state index is 13.2. The van der Waals surface area contributed by atoms with Gasteiger partial charge in [0.05, 0.1) is 12.8 Å². The van der Waals surface area contributed by atoms with E-state index in [1.165, 1.54) is 19.2 Å². The summed E-state index contributed by atoms with van der Waals surface area (Å²) in [5, 5.41) is 2.62. The van der Waals surface area contributed by atoms with Crippen molar-refractivity contribution in [1.29, 1.82) is 0 Å². The number of hydrogen-bond donors (Lipinski definition) is 1. The number of aliphatic imine (C=N–C) groups is 1. The predicted octanol–water partition coefficient (Wildman–Crippen LogP) is 4.76. The summed E-state index contributed by atoms with van der Waals surface area (Å²) >= 11 is 3.43. The summed E-state index contributed by atoms with van der Waals surface area (Å²) in [4.78, 5) is 26.7. The highest BCUT2D eigenvalue weighted by molar-refractivity contribution is 9.10. The SMILES string of the molecule is COC(=O)CCCCC(=Nc1cc(Br)ccc1-c1ccc(F)cc1)NC=O. The van der Waals surface area contributed by atoms with E-state index in [0.717, 1.165) is 15.6 Å². The number of rotatable bonds is 8. The van der Waals surface area contributed by atoms with Gasteiger partial charge in [-0.3, -0.25) is 9.59 Å². The van der Waals surface area contributed by atoms with Gasteiger partial charge in [-0.25, -0.2) is 9.38 Å². The van der Waals surface area contributed by atoms with Crippen LogP contribution in [0.2, 0.25) is 0 Å². The Bertz CT molecular complexity index is 822. The Morgan fingerprint density at radius 2 is 1.89 bits per heavy atom. The average molecular weight is 435 g/mol. The first-order valence-corrected chi connectivity index (χ1v) is 9.23. The lowest BCUT2D eigenvalue weighted by atomic mass is 10.0. The Morgan fingerprint density at radius 3 is 2.56 bits per heavy atom. The minimum Gasteiger partial charge on any atom is -0.469 e. The molecule has 0 aliphatic carbocycles. The van der Waals surface area contributed by atoms with E-state index in [1.54, 1.807) is 12.1 Å². The molecule has 1 amide bonds. The number of esters is 1. The van der Waals surface area contributed by atoms with Crippen molar-refractivity contribution in [2.24, 2.45) is 4.99 Å². The van der Waals surface area contributed by atoms with Crippen LogP contribution >= 0.6 is 15.9 Å². The molecule has 0 aliphatic rings. The molecule has 27 heavy (non-hydrogen) atoms. The van der Waals surface area contributed by atoms with Crippen LogP contribution in [-0.2, 0) is 14.3 Å². The summed E-state index contributed by atoms with van der Waals surface area (Å²) in [6.07, 6.45) is 2.71. The van der Waals surface area contributed by atoms with E-state index in [9.17, 15) is 14.0 Å². The molecule has 142 valence electrons. The Kier molecular flexibility index (Phi) is 8.13. The number of carbonyl (C=O) groups excluding carboxylic acids is 2. The van der Waals surface area contributed by atoms with Gasteiger partial charge in [0.1, 0.15) is 11.7 Å². The van der Waals surface area contributed by atoms with E-state index in [1.807, 2.05) is 18.2 Å². The van der Waals surface area contributed by atoms with Crippen LogP contribution in [0.25, 0.3) is 11.1 Å². The van der Waals surface area contributed by atoms with Crippen LogP contribution in [-0.4, -0.2) is 25.3 Å². The fourth-order valence-corrected chi connectivity index (χ4v) is 2.86. The van der Waals surface area contributed by atoms with Gasteiger partial charge in [-0.1, -0.05) is 34.1 Å². The molecule has 0 aromatic heterocycles. The van der Waals surface area contributed by atoms with Crippen molar-refractivity contribution >= 4 is 39.8 Å². The Labute approximate surface area is 165 Å². The number of benzene rings is 2. The number of nitrogens with zero attached hydrogens (tertiary/aromatic N) is 1. The number of amidine groups is 1. The van der Waals surface area contributed by atoms with E-state index in [2.05, 4.69) is 31.0 Å². The lowest BCUT2D eigenvalue weighted by Gasteiger charge is -2.10. The van der Waals surface area contributed by atoms with Crippen molar-refractivity contribution < 1.29 is 18.7 Å². The highest BCUT2D eigenvalue weighted by Crippen LogP contribution is 2.33. The molecule has 0 aliphatic heterocycles. The van der Waals surface area contributed by atoms with Gasteiger partial charge in [-0.15, -0.1) is 0 Å². The molecule has 0 saturated heterocycles. The molecule has 2 aromatic rings. The molecule has 0 atom stereocenters. The Balaban J connectivity index is 2.24. The number of halogens is 2. The van der Waals surface area contributed by atoms with Gasteiger partial charge in [0.2, 0.25) is 6.41 Å². The maximum absolute atomic E-state index is 13.2. The van der Waals surface area contributed by atoms with Gasteiger partial charge in [0.15, 0.2) is 0 Å². The first-order valence-electron chi connectivity index (χ1n) is 8.43. The van der Waals surface area contributed by atoms with Crippen molar-refractivity contribution in [2.45, 2.75) is 25.7 Å². The van der Waals surface area contributed by atoms with Gasteiger partial charge in [-0.05, 0) is 42.7 Å². The highest BCUT2D eigenvalue weighted by Gasteiger charge is 2.08. The normalized spacial score (nSPS) is 11.1. The summed E-state index contributed by atoms with van der Waals surface area (Å²) in [6.45, 7) is 0. The Hall–Kier alpha value is -2.54. The zero-order valence-corrected chi connectivity index (χ0v) is 16.5. The average Bonchev–Trinajstić information content (AvgIpc) is 2.66. The molecular formula is C20H20BrFN2O3. The van der Waals surface area contributed by atoms with Gasteiger partial charge in [0, 0.05) is 22.9 Å². The molecule has 0 heterocycles. The molecule has 0 spiro atoms. The Morgan fingerprint density at radius 1 is 1.19 bits per heavy atom. The second kappa shape index (κ2) is 10.6. The molecule has 2 rings (SSSR count). The van der Waals surface area contributed by atoms with Gasteiger partial charge >= 0.3 is 5.97 Å². The standard InChI is InChI=1S/C20H20BrFN2O3/c1-27-20(26)5-3-2-4-19(23-13-25)24-18-12-15(21)8-11-17(18)14-6-9-16(22)10-7-14/h6-13H,2-5H2,1H3,(H,23,24,25). The molecular weight excluding hydrogens is 415 g/mol. The number of carbonyl (C=O) groups is 2. The third-order valence-corrected chi connectivity index (χ3v) is 4.36. The molecule has 1 N–H and O–H groups in total. The van der Waals surface area contributed by atoms with Crippen LogP contribution in [0.1, 0.15) is 25.7 Å². The summed E-state index contributed by atoms with van der Waals surface area (Å²) in [6, 6.07) is 11.7. The third kappa shape index (κ3) is 6.60. The van der Waals surface area contributed by atoms with Gasteiger partial charge in [0.25, 0.3) is 0 Å². The van der Waals surface area contributed by atoms with Crippen molar-refractivity contribution in [3.05, 3.63) is 52.8 Å². The minimum atomic E-state index is -0.310. The summed E-state index contributed by atoms with van der Waals surface area (Å²) in [5.41, 5.74) is 2.28. The number of ether oxygens (including phenoxy) is 1. The number of amides is 1. The monoisotopic (exact) mass is 434 g/mol. The van der Waals surface area contributed by atoms with E-state index in [4.69, 9.17) is 0 Å². The smallest absolute Gasteiger partial charge is 0.305 e. The molecule has 7 heteroatoms. The van der Waals surface area contributed by atoms with E-state index in [-0.39, 0.29) is 11.8 Å². The second-order valence-corrected chi connectivity index (χ2v) is 6.69. The van der Waals surface area contributed by atoms with Crippen LogP contribution in [0, 0.1) is 5.82 Å². The van der Waals surface area contributed by atoms with Crippen molar-refractivity contribution in [3.8, 4) is 11.1 Å². The molecule has 5 nitrogen and oxygen atoms in total. The third-order valence-electron chi connectivity index (χ3n) is 3.87. The van der Waals surface area contributed by atoms with Crippen LogP contribution in [0.3, 0.4) is 0 Å². The van der Waals surface area contributed by atoms with E-state index < -0.39 is 0 Å². The second-order valence-electron chi connectivity index (χ2n) is 5.77. The first kappa shape index (κ1) is 20.8. The summed E-state index contributed by atoms with van der Waals surface area (Å²) in [5.74, 6) is -0.0754. The number of nitrogens with one attached hydrogen (secondary N) is 1. The predicted molar refractivity (Wildman–Crippen MR) is 106 cm³/mol. The highest BCUT2D eigenvalue weighted by atomic mass is 79.9. The quantitative estimate of drug-likeness (QED) is 0.214. The molecule has 0 fully saturated rings. The molecule has 0 saturated carbocycles. The maximum Gasteiger partial charge on any atom is 0.305 e. The number of unbranched alkanes of at least 4 members (excludes halogenated alkanes) is 1. The summed E-state index contributed by atoms with van der Waals surface area (Å²) < 4.78 is 18.7. The first-order chi connectivity index (χ1) is 13.0. The molecule has 2 aromatic carbocycles. The molecule has 0 bridgehead atoms. The topological polar surface area (TPSA) is 67.8 Å². The van der Waals surface area contributed by atoms with Crippen molar-refractivity contribution in [2.75, 3.05) is 7.11 Å². The number of methoxy groups -OCH3 is 1. The summed E-state index contributed by atoms with van der Waals surface area (Å²) in [7, 11) is 1.35. The lowest BCUT2D eigenvalue weighted by Crippen LogP contribution is -2.21. The van der Waals surface area contributed by atoms with Crippen LogP contribution < -0.4 is 5.32 Å². The van der Waals surface area contributed by atoms with Crippen LogP contribution in [0.4, 0.5) is 10.1 Å². The fourth-order valence-electron chi connectivity index (χ4n) is 2.51. The number of hydrogen-bond acceptors (Lipinski definition) is 4. The molecule has 0 unspecified atom stereocenters. The van der Waals surface area contributed by atoms with Gasteiger partial charge in [-0.2, -0.15) is 0 Å². The zero-order chi connectivity index (χ0) is 19.6.